The van der Waals surface area contributed by atoms with Gasteiger partial charge in [0.15, 0.2) is 5.16 Å². The summed E-state index contributed by atoms with van der Waals surface area (Å²) >= 11 is 1.78. The van der Waals surface area contributed by atoms with Crippen LogP contribution in [0.1, 0.15) is 48.6 Å². The molecule has 0 unspecified atom stereocenters. The lowest BCUT2D eigenvalue weighted by Crippen LogP contribution is -2.03. The summed E-state index contributed by atoms with van der Waals surface area (Å²) in [6.45, 7) is 2.13. The van der Waals surface area contributed by atoms with Gasteiger partial charge in [-0.15, -0.1) is 10.2 Å². The van der Waals surface area contributed by atoms with Gasteiger partial charge in [-0.3, -0.25) is 0 Å². The zero-order valence-corrected chi connectivity index (χ0v) is 13.0. The minimum absolute atomic E-state index is 0.626. The van der Waals surface area contributed by atoms with Crippen LogP contribution < -0.4 is 0 Å². The van der Waals surface area contributed by atoms with Gasteiger partial charge in [0.1, 0.15) is 5.82 Å². The Hall–Kier alpha value is -1.29. The Kier molecular flexibility index (Phi) is 4.10. The van der Waals surface area contributed by atoms with E-state index in [2.05, 4.69) is 53.0 Å². The summed E-state index contributed by atoms with van der Waals surface area (Å²) in [4.78, 5) is 0. The second-order valence-corrected chi connectivity index (χ2v) is 6.60. The Morgan fingerprint density at radius 3 is 2.80 bits per heavy atom. The summed E-state index contributed by atoms with van der Waals surface area (Å²) in [7, 11) is 2.10. The fraction of sp³-hybridized carbons (Fsp3) is 0.500. The van der Waals surface area contributed by atoms with Crippen molar-refractivity contribution in [3.05, 3.63) is 41.2 Å². The van der Waals surface area contributed by atoms with Gasteiger partial charge < -0.3 is 4.57 Å². The van der Waals surface area contributed by atoms with Crippen LogP contribution in [0, 0.1) is 6.92 Å². The first kappa shape index (κ1) is 13.7. The third-order valence-electron chi connectivity index (χ3n) is 4.04. The highest BCUT2D eigenvalue weighted by molar-refractivity contribution is 7.98. The van der Waals surface area contributed by atoms with Gasteiger partial charge in [0.2, 0.25) is 0 Å². The Labute approximate surface area is 124 Å². The van der Waals surface area contributed by atoms with Crippen molar-refractivity contribution in [2.75, 3.05) is 0 Å². The number of nitrogens with zero attached hydrogens (tertiary/aromatic N) is 3. The minimum atomic E-state index is 0.626. The smallest absolute Gasteiger partial charge is 0.191 e. The maximum Gasteiger partial charge on any atom is 0.191 e. The molecule has 20 heavy (non-hydrogen) atoms. The van der Waals surface area contributed by atoms with Gasteiger partial charge in [-0.2, -0.15) is 0 Å². The van der Waals surface area contributed by atoms with Crippen molar-refractivity contribution in [2.24, 2.45) is 7.05 Å². The Morgan fingerprint density at radius 1 is 1.25 bits per heavy atom. The van der Waals surface area contributed by atoms with Gasteiger partial charge in [0.25, 0.3) is 0 Å². The summed E-state index contributed by atoms with van der Waals surface area (Å²) in [6, 6.07) is 8.66. The van der Waals surface area contributed by atoms with Gasteiger partial charge >= 0.3 is 0 Å². The highest BCUT2D eigenvalue weighted by Gasteiger charge is 2.23. The second kappa shape index (κ2) is 6.00. The molecule has 4 heteroatoms. The van der Waals surface area contributed by atoms with E-state index >= 15 is 0 Å². The molecular formula is C16H21N3S. The van der Waals surface area contributed by atoms with Crippen LogP contribution in [0.3, 0.4) is 0 Å². The highest BCUT2D eigenvalue weighted by atomic mass is 32.2. The maximum absolute atomic E-state index is 4.42. The first-order chi connectivity index (χ1) is 9.74. The minimum Gasteiger partial charge on any atom is -0.309 e. The fourth-order valence-corrected chi connectivity index (χ4v) is 3.80. The van der Waals surface area contributed by atoms with Crippen molar-refractivity contribution in [3.63, 3.8) is 0 Å². The molecular weight excluding hydrogens is 266 g/mol. The number of benzene rings is 1. The predicted octanol–water partition coefficient (Wildman–Crippen LogP) is 4.07. The summed E-state index contributed by atoms with van der Waals surface area (Å²) in [5.41, 5.74) is 2.66. The Morgan fingerprint density at radius 2 is 2.05 bits per heavy atom. The van der Waals surface area contributed by atoms with E-state index in [4.69, 9.17) is 0 Å². The van der Waals surface area contributed by atoms with Gasteiger partial charge in [-0.05, 0) is 25.3 Å². The molecule has 0 aliphatic heterocycles. The molecule has 1 fully saturated rings. The molecule has 3 rings (SSSR count). The van der Waals surface area contributed by atoms with Crippen molar-refractivity contribution < 1.29 is 0 Å². The predicted molar refractivity (Wildman–Crippen MR) is 83.0 cm³/mol. The summed E-state index contributed by atoms with van der Waals surface area (Å²) in [5, 5.41) is 9.83. The molecule has 1 aromatic heterocycles. The van der Waals surface area contributed by atoms with Crippen molar-refractivity contribution in [2.45, 2.75) is 49.4 Å². The van der Waals surface area contributed by atoms with E-state index in [0.717, 1.165) is 10.9 Å². The zero-order chi connectivity index (χ0) is 13.9. The number of hydrogen-bond donors (Lipinski definition) is 0. The lowest BCUT2D eigenvalue weighted by atomic mass is 10.1. The van der Waals surface area contributed by atoms with Crippen molar-refractivity contribution >= 4 is 11.8 Å². The van der Waals surface area contributed by atoms with Gasteiger partial charge in [-0.25, -0.2) is 0 Å². The average Bonchev–Trinajstić information content (AvgIpc) is 3.06. The zero-order valence-electron chi connectivity index (χ0n) is 12.2. The average molecular weight is 287 g/mol. The molecule has 1 aromatic carbocycles. The van der Waals surface area contributed by atoms with E-state index in [1.165, 1.54) is 42.6 Å². The molecule has 0 saturated heterocycles. The van der Waals surface area contributed by atoms with Crippen LogP contribution in [-0.2, 0) is 12.8 Å². The molecule has 0 spiro atoms. The van der Waals surface area contributed by atoms with E-state index in [9.17, 15) is 0 Å². The van der Waals surface area contributed by atoms with Crippen molar-refractivity contribution in [1.82, 2.24) is 14.8 Å². The molecule has 106 valence electrons. The third-order valence-corrected chi connectivity index (χ3v) is 5.13. The Balaban J connectivity index is 1.69. The topological polar surface area (TPSA) is 30.7 Å². The molecule has 1 saturated carbocycles. The second-order valence-electron chi connectivity index (χ2n) is 5.66. The van der Waals surface area contributed by atoms with E-state index in [1.54, 1.807) is 11.8 Å². The van der Waals surface area contributed by atoms with Crippen LogP contribution >= 0.6 is 11.8 Å². The van der Waals surface area contributed by atoms with Crippen LogP contribution in [-0.4, -0.2) is 14.8 Å². The number of aromatic nitrogens is 3. The van der Waals surface area contributed by atoms with Crippen LogP contribution in [0.4, 0.5) is 0 Å². The number of hydrogen-bond acceptors (Lipinski definition) is 3. The molecule has 0 amide bonds. The summed E-state index contributed by atoms with van der Waals surface area (Å²) in [6.07, 6.45) is 5.22. The molecule has 1 aliphatic rings. The SMILES string of the molecule is Cc1cccc(CSc2nnc(C3CCCC3)n2C)c1. The number of rotatable bonds is 4. The fourth-order valence-electron chi connectivity index (χ4n) is 2.94. The van der Waals surface area contributed by atoms with Crippen LogP contribution in [0.2, 0.25) is 0 Å². The van der Waals surface area contributed by atoms with Crippen LogP contribution in [0.5, 0.6) is 0 Å². The van der Waals surface area contributed by atoms with Crippen LogP contribution in [0.15, 0.2) is 29.4 Å². The molecule has 3 nitrogen and oxygen atoms in total. The van der Waals surface area contributed by atoms with Crippen molar-refractivity contribution in [3.8, 4) is 0 Å². The largest absolute Gasteiger partial charge is 0.309 e. The molecule has 0 bridgehead atoms. The van der Waals surface area contributed by atoms with Crippen molar-refractivity contribution in [1.29, 1.82) is 0 Å². The first-order valence-electron chi connectivity index (χ1n) is 7.31. The summed E-state index contributed by atoms with van der Waals surface area (Å²) in [5.74, 6) is 2.76. The molecule has 0 N–H and O–H groups in total. The molecule has 1 heterocycles. The lowest BCUT2D eigenvalue weighted by molar-refractivity contribution is 0.616. The molecule has 0 atom stereocenters. The van der Waals surface area contributed by atoms with E-state index < -0.39 is 0 Å². The normalized spacial score (nSPS) is 15.9. The van der Waals surface area contributed by atoms with Crippen LogP contribution in [0.25, 0.3) is 0 Å². The number of aryl methyl sites for hydroxylation is 1. The quantitative estimate of drug-likeness (QED) is 0.794. The van der Waals surface area contributed by atoms with E-state index in [0.29, 0.717) is 5.92 Å². The maximum atomic E-state index is 4.42. The first-order valence-corrected chi connectivity index (χ1v) is 8.30. The summed E-state index contributed by atoms with van der Waals surface area (Å²) < 4.78 is 2.19. The van der Waals surface area contributed by atoms with Gasteiger partial charge in [0, 0.05) is 18.7 Å². The standard InChI is InChI=1S/C16H21N3S/c1-12-6-5-7-13(10-12)11-20-16-18-17-15(19(16)2)14-8-3-4-9-14/h5-7,10,14H,3-4,8-9,11H2,1-2H3. The third kappa shape index (κ3) is 2.90. The van der Waals surface area contributed by atoms with E-state index in [1.807, 2.05) is 0 Å². The van der Waals surface area contributed by atoms with Gasteiger partial charge in [-0.1, -0.05) is 54.4 Å². The Bertz CT molecular complexity index is 585. The van der Waals surface area contributed by atoms with Gasteiger partial charge in [0.05, 0.1) is 0 Å². The molecule has 0 radical (unpaired) electrons. The highest BCUT2D eigenvalue weighted by Crippen LogP contribution is 2.34. The molecule has 2 aromatic rings. The van der Waals surface area contributed by atoms with E-state index in [-0.39, 0.29) is 0 Å². The number of thioether (sulfide) groups is 1. The monoisotopic (exact) mass is 287 g/mol. The lowest BCUT2D eigenvalue weighted by Gasteiger charge is -2.08. The molecule has 1 aliphatic carbocycles.